The van der Waals surface area contributed by atoms with Crippen molar-refractivity contribution in [1.82, 2.24) is 14.9 Å². The number of hydrogen-bond acceptors (Lipinski definition) is 7. The molecule has 1 aliphatic rings. The molecule has 0 radical (unpaired) electrons. The Morgan fingerprint density at radius 1 is 1.29 bits per heavy atom. The predicted molar refractivity (Wildman–Crippen MR) is 130 cm³/mol. The van der Waals surface area contributed by atoms with Crippen LogP contribution in [0.15, 0.2) is 52.4 Å². The molecule has 3 aromatic rings. The van der Waals surface area contributed by atoms with Crippen LogP contribution < -0.4 is 10.9 Å². The van der Waals surface area contributed by atoms with Crippen LogP contribution in [0.5, 0.6) is 0 Å². The quantitative estimate of drug-likeness (QED) is 0.213. The number of nitrogens with zero attached hydrogens (tertiary/aromatic N) is 3. The van der Waals surface area contributed by atoms with E-state index < -0.39 is 4.92 Å². The van der Waals surface area contributed by atoms with Gasteiger partial charge in [-0.3, -0.25) is 24.3 Å². The summed E-state index contributed by atoms with van der Waals surface area (Å²) >= 11 is 1.38. The second-order valence-electron chi connectivity index (χ2n) is 8.15. The first-order valence-electron chi connectivity index (χ1n) is 11.3. The van der Waals surface area contributed by atoms with Gasteiger partial charge in [-0.1, -0.05) is 30.8 Å². The van der Waals surface area contributed by atoms with E-state index in [0.29, 0.717) is 47.1 Å². The lowest BCUT2D eigenvalue weighted by molar-refractivity contribution is -0.384. The van der Waals surface area contributed by atoms with Crippen LogP contribution in [-0.4, -0.2) is 39.6 Å². The number of carbonyl (C=O) groups excluding carboxylic acids is 1. The molecule has 0 saturated carbocycles. The van der Waals surface area contributed by atoms with Gasteiger partial charge < -0.3 is 10.1 Å². The smallest absolute Gasteiger partial charge is 0.269 e. The van der Waals surface area contributed by atoms with Crippen LogP contribution in [-0.2, 0) is 17.0 Å². The molecule has 9 nitrogen and oxygen atoms in total. The van der Waals surface area contributed by atoms with Crippen molar-refractivity contribution < 1.29 is 14.5 Å². The highest BCUT2D eigenvalue weighted by Gasteiger charge is 2.21. The van der Waals surface area contributed by atoms with Crippen LogP contribution in [0.3, 0.4) is 0 Å². The number of hydrogen-bond donors (Lipinski definition) is 1. The Morgan fingerprint density at radius 2 is 2.09 bits per heavy atom. The van der Waals surface area contributed by atoms with Crippen molar-refractivity contribution in [3.8, 4) is 0 Å². The average molecular weight is 483 g/mol. The van der Waals surface area contributed by atoms with Gasteiger partial charge in [-0.05, 0) is 43.0 Å². The highest BCUT2D eigenvalue weighted by molar-refractivity contribution is 7.98. The van der Waals surface area contributed by atoms with E-state index in [1.807, 2.05) is 6.92 Å². The number of fused-ring (bicyclic) bond motifs is 1. The molecule has 0 aliphatic carbocycles. The highest BCUT2D eigenvalue weighted by Crippen LogP contribution is 2.25. The van der Waals surface area contributed by atoms with Crippen molar-refractivity contribution in [1.29, 1.82) is 0 Å². The summed E-state index contributed by atoms with van der Waals surface area (Å²) in [4.78, 5) is 41.0. The SMILES string of the molecule is CCCNC(=O)c1ccc2c(=O)n(C[C@H]3CCCO3)c(SCc3ccc([N+](=O)[O-])cc3)nc2c1. The largest absolute Gasteiger partial charge is 0.376 e. The van der Waals surface area contributed by atoms with Crippen LogP contribution in [0.2, 0.25) is 0 Å². The number of benzene rings is 2. The maximum absolute atomic E-state index is 13.4. The maximum Gasteiger partial charge on any atom is 0.269 e. The Labute approximate surface area is 200 Å². The highest BCUT2D eigenvalue weighted by atomic mass is 32.2. The van der Waals surface area contributed by atoms with Gasteiger partial charge in [0.05, 0.1) is 28.5 Å². The molecular formula is C24H26N4O5S. The summed E-state index contributed by atoms with van der Waals surface area (Å²) in [6, 6.07) is 11.3. The Bertz CT molecular complexity index is 1250. The third-order valence-corrected chi connectivity index (χ3v) is 6.69. The van der Waals surface area contributed by atoms with Crippen LogP contribution in [0.1, 0.15) is 42.1 Å². The summed E-state index contributed by atoms with van der Waals surface area (Å²) in [5.74, 6) is 0.284. The molecule has 0 unspecified atom stereocenters. The van der Waals surface area contributed by atoms with E-state index in [1.165, 1.54) is 23.9 Å². The molecular weight excluding hydrogens is 456 g/mol. The van der Waals surface area contributed by atoms with Crippen LogP contribution in [0, 0.1) is 10.1 Å². The number of thioether (sulfide) groups is 1. The predicted octanol–water partition coefficient (Wildman–Crippen LogP) is 3.92. The first kappa shape index (κ1) is 23.9. The Kier molecular flexibility index (Phi) is 7.59. The number of non-ortho nitro benzene ring substituents is 1. The zero-order valence-electron chi connectivity index (χ0n) is 18.9. The van der Waals surface area contributed by atoms with E-state index in [0.717, 1.165) is 24.8 Å². The third kappa shape index (κ3) is 5.45. The van der Waals surface area contributed by atoms with E-state index in [9.17, 15) is 19.7 Å². The number of rotatable bonds is 9. The second kappa shape index (κ2) is 10.8. The monoisotopic (exact) mass is 482 g/mol. The zero-order chi connectivity index (χ0) is 24.1. The number of nitro benzene ring substituents is 1. The molecule has 2 heterocycles. The van der Waals surface area contributed by atoms with Gasteiger partial charge in [0.15, 0.2) is 5.16 Å². The summed E-state index contributed by atoms with van der Waals surface area (Å²) in [5, 5.41) is 14.7. The lowest BCUT2D eigenvalue weighted by Crippen LogP contribution is -2.29. The van der Waals surface area contributed by atoms with E-state index in [-0.39, 0.29) is 23.3 Å². The molecule has 4 rings (SSSR count). The molecule has 1 saturated heterocycles. The number of aromatic nitrogens is 2. The molecule has 1 fully saturated rings. The van der Waals surface area contributed by atoms with Gasteiger partial charge in [-0.2, -0.15) is 0 Å². The van der Waals surface area contributed by atoms with Crippen molar-refractivity contribution in [3.05, 3.63) is 74.1 Å². The van der Waals surface area contributed by atoms with Crippen LogP contribution in [0.25, 0.3) is 10.9 Å². The number of carbonyl (C=O) groups is 1. The molecule has 2 aromatic carbocycles. The lowest BCUT2D eigenvalue weighted by atomic mass is 10.1. The minimum atomic E-state index is -0.435. The molecule has 1 atom stereocenters. The van der Waals surface area contributed by atoms with Gasteiger partial charge in [-0.25, -0.2) is 4.98 Å². The Morgan fingerprint density at radius 3 is 2.76 bits per heavy atom. The van der Waals surface area contributed by atoms with Gasteiger partial charge in [-0.15, -0.1) is 0 Å². The minimum absolute atomic E-state index is 0.0294. The molecule has 1 amide bonds. The first-order valence-corrected chi connectivity index (χ1v) is 12.3. The Balaban J connectivity index is 1.67. The fourth-order valence-electron chi connectivity index (χ4n) is 3.81. The first-order chi connectivity index (χ1) is 16.5. The van der Waals surface area contributed by atoms with Gasteiger partial charge in [0, 0.05) is 36.6 Å². The van der Waals surface area contributed by atoms with Crippen molar-refractivity contribution in [2.24, 2.45) is 0 Å². The summed E-state index contributed by atoms with van der Waals surface area (Å²) in [5.41, 5.74) is 1.65. The van der Waals surface area contributed by atoms with E-state index >= 15 is 0 Å². The van der Waals surface area contributed by atoms with Crippen LogP contribution >= 0.6 is 11.8 Å². The molecule has 1 aliphatic heterocycles. The number of ether oxygens (including phenoxy) is 1. The Hall–Kier alpha value is -3.24. The molecule has 1 N–H and O–H groups in total. The van der Waals surface area contributed by atoms with Crippen molar-refractivity contribution in [2.45, 2.75) is 49.7 Å². The zero-order valence-corrected chi connectivity index (χ0v) is 19.7. The van der Waals surface area contributed by atoms with E-state index in [4.69, 9.17) is 9.72 Å². The third-order valence-electron chi connectivity index (χ3n) is 5.64. The number of nitro groups is 1. The average Bonchev–Trinajstić information content (AvgIpc) is 3.36. The number of amides is 1. The van der Waals surface area contributed by atoms with Crippen LogP contribution in [0.4, 0.5) is 5.69 Å². The van der Waals surface area contributed by atoms with Gasteiger partial charge in [0.1, 0.15) is 0 Å². The lowest BCUT2D eigenvalue weighted by Gasteiger charge is -2.17. The van der Waals surface area contributed by atoms with Gasteiger partial charge in [0.2, 0.25) is 0 Å². The number of nitrogens with one attached hydrogen (secondary N) is 1. The molecule has 178 valence electrons. The normalized spacial score (nSPS) is 15.5. The molecule has 10 heteroatoms. The summed E-state index contributed by atoms with van der Waals surface area (Å²) < 4.78 is 7.40. The molecule has 1 aromatic heterocycles. The fourth-order valence-corrected chi connectivity index (χ4v) is 4.77. The topological polar surface area (TPSA) is 116 Å². The fraction of sp³-hybridized carbons (Fsp3) is 0.375. The van der Waals surface area contributed by atoms with Crippen molar-refractivity contribution in [2.75, 3.05) is 13.2 Å². The van der Waals surface area contributed by atoms with E-state index in [2.05, 4.69) is 5.32 Å². The van der Waals surface area contributed by atoms with Crippen molar-refractivity contribution in [3.63, 3.8) is 0 Å². The maximum atomic E-state index is 13.4. The standard InChI is InChI=1S/C24H26N4O5S/c1-2-11-25-22(29)17-7-10-20-21(13-17)26-24(27(23(20)30)14-19-4-3-12-33-19)34-15-16-5-8-18(9-6-16)28(31)32/h5-10,13,19H,2-4,11-12,14-15H2,1H3,(H,25,29)/t19-/m1/s1. The molecule has 34 heavy (non-hydrogen) atoms. The summed E-state index contributed by atoms with van der Waals surface area (Å²) in [7, 11) is 0. The molecule has 0 spiro atoms. The second-order valence-corrected chi connectivity index (χ2v) is 9.09. The van der Waals surface area contributed by atoms with Crippen molar-refractivity contribution >= 4 is 34.3 Å². The van der Waals surface area contributed by atoms with E-state index in [1.54, 1.807) is 34.9 Å². The van der Waals surface area contributed by atoms with Gasteiger partial charge >= 0.3 is 0 Å². The summed E-state index contributed by atoms with van der Waals surface area (Å²) in [6.45, 7) is 3.64. The van der Waals surface area contributed by atoms with Gasteiger partial charge in [0.25, 0.3) is 17.2 Å². The summed E-state index contributed by atoms with van der Waals surface area (Å²) in [6.07, 6.45) is 2.62. The minimum Gasteiger partial charge on any atom is -0.376 e. The molecule has 0 bridgehead atoms.